The minimum atomic E-state index is 0.0947. The average molecular weight is 216 g/mol. The molecule has 0 heterocycles. The highest BCUT2D eigenvalue weighted by atomic mass is 16.5. The van der Waals surface area contributed by atoms with E-state index in [1.807, 2.05) is 6.07 Å². The number of methoxy groups -OCH3 is 1. The summed E-state index contributed by atoms with van der Waals surface area (Å²) >= 11 is 0. The highest BCUT2D eigenvalue weighted by Crippen LogP contribution is 2.32. The van der Waals surface area contributed by atoms with E-state index >= 15 is 0 Å². The summed E-state index contributed by atoms with van der Waals surface area (Å²) < 4.78 is 5.39. The van der Waals surface area contributed by atoms with Crippen LogP contribution in [0.4, 0.5) is 0 Å². The molecule has 0 bridgehead atoms. The summed E-state index contributed by atoms with van der Waals surface area (Å²) in [6.45, 7) is 6.57. The normalized spacial score (nSPS) is 10.9. The molecule has 16 heavy (non-hydrogen) atoms. The molecule has 0 saturated carbocycles. The molecule has 0 atom stereocenters. The molecule has 86 valence electrons. The first-order chi connectivity index (χ1) is 7.49. The summed E-state index contributed by atoms with van der Waals surface area (Å²) in [4.78, 5) is 0. The quantitative estimate of drug-likeness (QED) is 0.702. The van der Waals surface area contributed by atoms with Crippen molar-refractivity contribution in [3.05, 3.63) is 29.3 Å². The van der Waals surface area contributed by atoms with Crippen LogP contribution in [-0.2, 0) is 11.8 Å². The van der Waals surface area contributed by atoms with E-state index in [4.69, 9.17) is 11.2 Å². The minimum Gasteiger partial charge on any atom is -0.496 e. The maximum atomic E-state index is 5.39. The fourth-order valence-corrected chi connectivity index (χ4v) is 1.71. The van der Waals surface area contributed by atoms with Gasteiger partial charge in [-0.3, -0.25) is 0 Å². The van der Waals surface area contributed by atoms with Gasteiger partial charge < -0.3 is 4.74 Å². The lowest BCUT2D eigenvalue weighted by molar-refractivity contribution is 0.397. The van der Waals surface area contributed by atoms with Crippen LogP contribution in [0.5, 0.6) is 5.75 Å². The first-order valence-electron chi connectivity index (χ1n) is 5.60. The Hall–Kier alpha value is -1.42. The topological polar surface area (TPSA) is 9.23 Å². The molecular formula is C15H20O. The van der Waals surface area contributed by atoms with Gasteiger partial charge in [-0.25, -0.2) is 0 Å². The third kappa shape index (κ3) is 3.03. The van der Waals surface area contributed by atoms with Crippen molar-refractivity contribution in [3.63, 3.8) is 0 Å². The van der Waals surface area contributed by atoms with Crippen molar-refractivity contribution in [2.75, 3.05) is 7.11 Å². The Labute approximate surface area is 98.8 Å². The largest absolute Gasteiger partial charge is 0.496 e. The van der Waals surface area contributed by atoms with Crippen molar-refractivity contribution < 1.29 is 4.74 Å². The molecule has 0 amide bonds. The van der Waals surface area contributed by atoms with Gasteiger partial charge in [0.05, 0.1) is 7.11 Å². The van der Waals surface area contributed by atoms with E-state index in [1.54, 1.807) is 7.11 Å². The van der Waals surface area contributed by atoms with Crippen LogP contribution in [0, 0.1) is 12.3 Å². The van der Waals surface area contributed by atoms with Gasteiger partial charge in [-0.05, 0) is 29.0 Å². The molecule has 1 heteroatoms. The van der Waals surface area contributed by atoms with E-state index in [0.29, 0.717) is 0 Å². The molecule has 0 fully saturated rings. The van der Waals surface area contributed by atoms with Crippen molar-refractivity contribution in [3.8, 4) is 18.1 Å². The van der Waals surface area contributed by atoms with Gasteiger partial charge in [0, 0.05) is 6.42 Å². The zero-order valence-corrected chi connectivity index (χ0v) is 10.6. The van der Waals surface area contributed by atoms with E-state index in [0.717, 1.165) is 18.6 Å². The van der Waals surface area contributed by atoms with E-state index in [9.17, 15) is 0 Å². The molecule has 0 radical (unpaired) electrons. The smallest absolute Gasteiger partial charge is 0.122 e. The zero-order chi connectivity index (χ0) is 12.2. The van der Waals surface area contributed by atoms with Crippen LogP contribution in [0.1, 0.15) is 38.3 Å². The maximum absolute atomic E-state index is 5.39. The molecule has 0 unspecified atom stereocenters. The lowest BCUT2D eigenvalue weighted by Gasteiger charge is -2.22. The van der Waals surface area contributed by atoms with E-state index in [1.165, 1.54) is 11.1 Å². The first kappa shape index (κ1) is 12.6. The second-order valence-electron chi connectivity index (χ2n) is 4.99. The van der Waals surface area contributed by atoms with Gasteiger partial charge in [-0.2, -0.15) is 0 Å². The molecule has 1 aromatic carbocycles. The standard InChI is InChI=1S/C15H20O/c1-6-7-8-12-9-10-14(16-5)13(11-12)15(2,3)4/h1,9-11H,7-8H2,2-5H3. The van der Waals surface area contributed by atoms with Crippen LogP contribution >= 0.6 is 0 Å². The Morgan fingerprint density at radius 2 is 2.00 bits per heavy atom. The number of rotatable bonds is 3. The SMILES string of the molecule is C#CCCc1ccc(OC)c(C(C)(C)C)c1. The summed E-state index contributed by atoms with van der Waals surface area (Å²) in [5.41, 5.74) is 2.62. The summed E-state index contributed by atoms with van der Waals surface area (Å²) in [5, 5.41) is 0. The molecule has 0 saturated heterocycles. The third-order valence-electron chi connectivity index (χ3n) is 2.63. The average Bonchev–Trinajstić information content (AvgIpc) is 2.24. The predicted octanol–water partition coefficient (Wildman–Crippen LogP) is 3.56. The summed E-state index contributed by atoms with van der Waals surface area (Å²) in [6, 6.07) is 6.33. The van der Waals surface area contributed by atoms with Crippen molar-refractivity contribution in [1.29, 1.82) is 0 Å². The summed E-state index contributed by atoms with van der Waals surface area (Å²) in [5.74, 6) is 3.63. The zero-order valence-electron chi connectivity index (χ0n) is 10.6. The highest BCUT2D eigenvalue weighted by Gasteiger charge is 2.18. The van der Waals surface area contributed by atoms with E-state index in [2.05, 4.69) is 38.8 Å². The number of aryl methyl sites for hydroxylation is 1. The van der Waals surface area contributed by atoms with Gasteiger partial charge in [-0.15, -0.1) is 12.3 Å². The molecule has 1 rings (SSSR count). The van der Waals surface area contributed by atoms with Gasteiger partial charge in [-0.1, -0.05) is 32.9 Å². The van der Waals surface area contributed by atoms with Crippen LogP contribution < -0.4 is 4.74 Å². The fraction of sp³-hybridized carbons (Fsp3) is 0.467. The van der Waals surface area contributed by atoms with Crippen LogP contribution in [-0.4, -0.2) is 7.11 Å². The number of benzene rings is 1. The number of terminal acetylenes is 1. The van der Waals surface area contributed by atoms with Crippen LogP contribution in [0.25, 0.3) is 0 Å². The Morgan fingerprint density at radius 1 is 1.31 bits per heavy atom. The van der Waals surface area contributed by atoms with E-state index < -0.39 is 0 Å². The molecule has 1 aromatic rings. The van der Waals surface area contributed by atoms with Crippen molar-refractivity contribution in [1.82, 2.24) is 0 Å². The second kappa shape index (κ2) is 5.07. The fourth-order valence-electron chi connectivity index (χ4n) is 1.71. The van der Waals surface area contributed by atoms with Gasteiger partial charge in [0.2, 0.25) is 0 Å². The first-order valence-corrected chi connectivity index (χ1v) is 5.60. The molecule has 0 N–H and O–H groups in total. The lowest BCUT2D eigenvalue weighted by atomic mass is 9.85. The molecule has 0 aliphatic heterocycles. The summed E-state index contributed by atoms with van der Waals surface area (Å²) in [7, 11) is 1.71. The Morgan fingerprint density at radius 3 is 2.50 bits per heavy atom. The number of hydrogen-bond donors (Lipinski definition) is 0. The van der Waals surface area contributed by atoms with Gasteiger partial charge >= 0.3 is 0 Å². The second-order valence-corrected chi connectivity index (χ2v) is 4.99. The maximum Gasteiger partial charge on any atom is 0.122 e. The van der Waals surface area contributed by atoms with Crippen LogP contribution in [0.3, 0.4) is 0 Å². The van der Waals surface area contributed by atoms with Crippen LogP contribution in [0.2, 0.25) is 0 Å². The molecule has 0 aliphatic carbocycles. The third-order valence-corrected chi connectivity index (χ3v) is 2.63. The Bertz CT molecular complexity index is 391. The highest BCUT2D eigenvalue weighted by molar-refractivity contribution is 5.41. The molecule has 0 aromatic heterocycles. The predicted molar refractivity (Wildman–Crippen MR) is 68.8 cm³/mol. The van der Waals surface area contributed by atoms with Crippen molar-refractivity contribution >= 4 is 0 Å². The van der Waals surface area contributed by atoms with Crippen molar-refractivity contribution in [2.24, 2.45) is 0 Å². The number of hydrogen-bond acceptors (Lipinski definition) is 1. The van der Waals surface area contributed by atoms with Crippen molar-refractivity contribution in [2.45, 2.75) is 39.0 Å². The molecule has 0 aliphatic rings. The molecule has 1 nitrogen and oxygen atoms in total. The van der Waals surface area contributed by atoms with Gasteiger partial charge in [0.1, 0.15) is 5.75 Å². The lowest BCUT2D eigenvalue weighted by Crippen LogP contribution is -2.13. The summed E-state index contributed by atoms with van der Waals surface area (Å²) in [6.07, 6.45) is 7.00. The number of ether oxygens (including phenoxy) is 1. The van der Waals surface area contributed by atoms with Gasteiger partial charge in [0.15, 0.2) is 0 Å². The van der Waals surface area contributed by atoms with E-state index in [-0.39, 0.29) is 5.41 Å². The monoisotopic (exact) mass is 216 g/mol. The molecule has 0 spiro atoms. The Balaban J connectivity index is 3.08. The minimum absolute atomic E-state index is 0.0947. The molecular weight excluding hydrogens is 196 g/mol. The Kier molecular flexibility index (Phi) is 4.01. The van der Waals surface area contributed by atoms with Gasteiger partial charge in [0.25, 0.3) is 0 Å². The van der Waals surface area contributed by atoms with Crippen LogP contribution in [0.15, 0.2) is 18.2 Å².